The fourth-order valence-corrected chi connectivity index (χ4v) is 2.46. The predicted octanol–water partition coefficient (Wildman–Crippen LogP) is 3.83. The standard InChI is InChI=1S/C16H19NO2S.C2H6/c1-6-9-10-13(7-2)17-15-14(16(18)19-8-3)11(4)12(5)20-15;1-2/h6-7,9-10,17H,2,4-5,8H2,1,3H3;1-2H3/b9-6-,13-10+;. The fourth-order valence-electron chi connectivity index (χ4n) is 1.51. The molecule has 0 amide bonds. The van der Waals surface area contributed by atoms with Crippen molar-refractivity contribution in [1.82, 2.24) is 0 Å². The molecule has 0 saturated heterocycles. The van der Waals surface area contributed by atoms with E-state index in [1.807, 2.05) is 39.0 Å². The van der Waals surface area contributed by atoms with Gasteiger partial charge in [-0.1, -0.05) is 45.7 Å². The largest absolute Gasteiger partial charge is 0.462 e. The monoisotopic (exact) mass is 319 g/mol. The van der Waals surface area contributed by atoms with Gasteiger partial charge in [0.1, 0.15) is 10.6 Å². The third kappa shape index (κ3) is 5.37. The van der Waals surface area contributed by atoms with Crippen LogP contribution >= 0.6 is 11.3 Å². The van der Waals surface area contributed by atoms with E-state index in [4.69, 9.17) is 4.74 Å². The van der Waals surface area contributed by atoms with Crippen molar-refractivity contribution in [3.05, 3.63) is 51.9 Å². The number of anilines is 1. The number of hydrogen-bond donors (Lipinski definition) is 1. The molecule has 0 bridgehead atoms. The number of carbonyl (C=O) groups excluding carboxylic acids is 1. The number of nitrogens with one attached hydrogen (secondary N) is 1. The van der Waals surface area contributed by atoms with Gasteiger partial charge in [0.05, 0.1) is 6.61 Å². The summed E-state index contributed by atoms with van der Waals surface area (Å²) in [5, 5.41) is 4.44. The van der Waals surface area contributed by atoms with E-state index in [-0.39, 0.29) is 5.97 Å². The molecule has 0 radical (unpaired) electrons. The van der Waals surface area contributed by atoms with Crippen molar-refractivity contribution in [2.45, 2.75) is 27.7 Å². The van der Waals surface area contributed by atoms with Crippen molar-refractivity contribution in [2.75, 3.05) is 11.9 Å². The van der Waals surface area contributed by atoms with Crippen LogP contribution in [0.1, 0.15) is 38.1 Å². The molecule has 4 heteroatoms. The molecule has 120 valence electrons. The molecule has 1 N–H and O–H groups in total. The zero-order chi connectivity index (χ0) is 17.1. The van der Waals surface area contributed by atoms with Crippen LogP contribution in [-0.4, -0.2) is 12.6 Å². The highest BCUT2D eigenvalue weighted by Crippen LogP contribution is 2.19. The number of thiophene rings is 1. The van der Waals surface area contributed by atoms with E-state index in [9.17, 15) is 4.79 Å². The molecule has 22 heavy (non-hydrogen) atoms. The lowest BCUT2D eigenvalue weighted by Gasteiger charge is -2.07. The molecule has 0 saturated carbocycles. The molecule has 0 aromatic carbocycles. The molecule has 0 unspecified atom stereocenters. The van der Waals surface area contributed by atoms with E-state index in [0.29, 0.717) is 22.4 Å². The molecule has 3 nitrogen and oxygen atoms in total. The van der Waals surface area contributed by atoms with Crippen molar-refractivity contribution in [1.29, 1.82) is 0 Å². The summed E-state index contributed by atoms with van der Waals surface area (Å²) in [5.74, 6) is -0.388. The first kappa shape index (κ1) is 19.9. The third-order valence-corrected chi connectivity index (χ3v) is 3.52. The summed E-state index contributed by atoms with van der Waals surface area (Å²) in [4.78, 5) is 12.0. The lowest BCUT2D eigenvalue weighted by molar-refractivity contribution is 0.0527. The van der Waals surface area contributed by atoms with Crippen LogP contribution in [0.15, 0.2) is 36.6 Å². The van der Waals surface area contributed by atoms with Gasteiger partial charge in [-0.05, 0) is 26.0 Å². The van der Waals surface area contributed by atoms with Gasteiger partial charge in [0.25, 0.3) is 0 Å². The van der Waals surface area contributed by atoms with E-state index in [0.717, 1.165) is 10.2 Å². The zero-order valence-corrected chi connectivity index (χ0v) is 14.7. The number of esters is 1. The summed E-state index contributed by atoms with van der Waals surface area (Å²) < 4.78 is 5.80. The Kier molecular flexibility index (Phi) is 9.63. The minimum Gasteiger partial charge on any atom is -0.462 e. The molecule has 1 rings (SSSR count). The maximum atomic E-state index is 12.0. The van der Waals surface area contributed by atoms with Crippen LogP contribution in [-0.2, 0) is 4.74 Å². The molecule has 0 aliphatic heterocycles. The first-order valence-electron chi connectivity index (χ1n) is 7.25. The summed E-state index contributed by atoms with van der Waals surface area (Å²) in [7, 11) is 0. The van der Waals surface area contributed by atoms with Crippen LogP contribution in [0.5, 0.6) is 0 Å². The molecule has 0 aliphatic rings. The van der Waals surface area contributed by atoms with Gasteiger partial charge < -0.3 is 10.1 Å². The Balaban J connectivity index is 0.00000211. The van der Waals surface area contributed by atoms with Crippen molar-refractivity contribution < 1.29 is 9.53 Å². The van der Waals surface area contributed by atoms with Gasteiger partial charge in [-0.2, -0.15) is 0 Å². The maximum absolute atomic E-state index is 12.0. The second-order valence-corrected chi connectivity index (χ2v) is 5.01. The normalized spacial score (nSPS) is 10.8. The highest BCUT2D eigenvalue weighted by atomic mass is 32.1. The highest BCUT2D eigenvalue weighted by Gasteiger charge is 2.17. The Bertz CT molecular complexity index is 653. The highest BCUT2D eigenvalue weighted by molar-refractivity contribution is 7.14. The predicted molar refractivity (Wildman–Crippen MR) is 98.6 cm³/mol. The molecule has 1 aromatic heterocycles. The topological polar surface area (TPSA) is 38.3 Å². The smallest absolute Gasteiger partial charge is 0.341 e. The number of allylic oxidation sites excluding steroid dienone is 4. The van der Waals surface area contributed by atoms with Gasteiger partial charge in [-0.3, -0.25) is 0 Å². The van der Waals surface area contributed by atoms with Crippen molar-refractivity contribution >= 4 is 35.5 Å². The number of hydrogen-bond acceptors (Lipinski definition) is 4. The van der Waals surface area contributed by atoms with Gasteiger partial charge in [-0.15, -0.1) is 11.3 Å². The summed E-state index contributed by atoms with van der Waals surface area (Å²) in [6, 6.07) is 0. The summed E-state index contributed by atoms with van der Waals surface area (Å²) in [6.45, 7) is 19.5. The molecular formula is C18H25NO2S. The van der Waals surface area contributed by atoms with E-state index >= 15 is 0 Å². The van der Waals surface area contributed by atoms with E-state index < -0.39 is 0 Å². The Labute approximate surface area is 137 Å². The van der Waals surface area contributed by atoms with E-state index in [1.165, 1.54) is 11.3 Å². The Morgan fingerprint density at radius 1 is 1.36 bits per heavy atom. The summed E-state index contributed by atoms with van der Waals surface area (Å²) in [6.07, 6.45) is 7.34. The number of rotatable bonds is 6. The molecule has 0 fully saturated rings. The van der Waals surface area contributed by atoms with Gasteiger partial charge >= 0.3 is 5.97 Å². The molecule has 0 atom stereocenters. The van der Waals surface area contributed by atoms with Crippen molar-refractivity contribution in [3.63, 3.8) is 0 Å². The van der Waals surface area contributed by atoms with Gasteiger partial charge in [0.2, 0.25) is 0 Å². The Morgan fingerprint density at radius 3 is 2.50 bits per heavy atom. The van der Waals surface area contributed by atoms with E-state index in [1.54, 1.807) is 13.0 Å². The van der Waals surface area contributed by atoms with Crippen LogP contribution in [0.4, 0.5) is 5.00 Å². The molecule has 1 aromatic rings. The third-order valence-electron chi connectivity index (χ3n) is 2.52. The lowest BCUT2D eigenvalue weighted by Crippen LogP contribution is -2.23. The van der Waals surface area contributed by atoms with Gasteiger partial charge in [-0.25, -0.2) is 4.79 Å². The Morgan fingerprint density at radius 2 is 2.00 bits per heavy atom. The minimum atomic E-state index is -0.388. The number of carbonyl (C=O) groups is 1. The zero-order valence-electron chi connectivity index (χ0n) is 13.9. The van der Waals surface area contributed by atoms with Crippen LogP contribution in [0.25, 0.3) is 13.2 Å². The molecule has 0 spiro atoms. The van der Waals surface area contributed by atoms with Crippen LogP contribution in [0.3, 0.4) is 0 Å². The lowest BCUT2D eigenvalue weighted by atomic mass is 10.2. The summed E-state index contributed by atoms with van der Waals surface area (Å²) >= 11 is 1.37. The molecule has 1 heterocycles. The SMILES string of the molecule is C=C/C(=C\C=C/C)Nc1sc(=C)c(=C)c1C(=O)OCC.CC. The first-order valence-corrected chi connectivity index (χ1v) is 8.07. The summed E-state index contributed by atoms with van der Waals surface area (Å²) in [5.41, 5.74) is 1.23. The van der Waals surface area contributed by atoms with E-state index in [2.05, 4.69) is 25.1 Å². The first-order chi connectivity index (χ1) is 10.5. The maximum Gasteiger partial charge on any atom is 0.341 e. The van der Waals surface area contributed by atoms with Crippen molar-refractivity contribution in [3.8, 4) is 0 Å². The van der Waals surface area contributed by atoms with Crippen LogP contribution in [0, 0.1) is 0 Å². The Hall–Kier alpha value is -2.07. The van der Waals surface area contributed by atoms with Crippen LogP contribution in [0.2, 0.25) is 0 Å². The van der Waals surface area contributed by atoms with Crippen molar-refractivity contribution in [2.24, 2.45) is 0 Å². The molecular weight excluding hydrogens is 294 g/mol. The average Bonchev–Trinajstić information content (AvgIpc) is 2.80. The van der Waals surface area contributed by atoms with Gasteiger partial charge in [0.15, 0.2) is 0 Å². The number of ether oxygens (including phenoxy) is 1. The average molecular weight is 319 g/mol. The van der Waals surface area contributed by atoms with Crippen LogP contribution < -0.4 is 15.1 Å². The fraction of sp³-hybridized carbons (Fsp3) is 0.278. The van der Waals surface area contributed by atoms with Gasteiger partial charge in [0, 0.05) is 15.4 Å². The second kappa shape index (κ2) is 10.6. The molecule has 0 aliphatic carbocycles. The quantitative estimate of drug-likeness (QED) is 0.640. The second-order valence-electron chi connectivity index (χ2n) is 3.91. The minimum absolute atomic E-state index is 0.322.